The van der Waals surface area contributed by atoms with Crippen molar-refractivity contribution in [2.45, 2.75) is 6.42 Å². The summed E-state index contributed by atoms with van der Waals surface area (Å²) < 4.78 is 0. The van der Waals surface area contributed by atoms with Crippen LogP contribution in [0.3, 0.4) is 0 Å². The van der Waals surface area contributed by atoms with Crippen molar-refractivity contribution in [3.05, 3.63) is 11.6 Å². The van der Waals surface area contributed by atoms with Gasteiger partial charge >= 0.3 is 0 Å². The first-order chi connectivity index (χ1) is 5.78. The molecule has 56 valence electrons. The Morgan fingerprint density at radius 2 is 1.58 bits per heavy atom. The molecule has 0 spiro atoms. The lowest BCUT2D eigenvalue weighted by Crippen LogP contribution is -1.89. The Hall–Kier alpha value is -2.30. The van der Waals surface area contributed by atoms with Gasteiger partial charge in [-0.2, -0.15) is 21.0 Å². The summed E-state index contributed by atoms with van der Waals surface area (Å²) in [6.45, 7) is 0. The minimum Gasteiger partial charge on any atom is -0.197 e. The van der Waals surface area contributed by atoms with Gasteiger partial charge in [0, 0.05) is 0 Å². The Kier molecular flexibility index (Phi) is 4.43. The molecule has 0 aliphatic rings. The van der Waals surface area contributed by atoms with Gasteiger partial charge in [-0.15, -0.1) is 0 Å². The van der Waals surface area contributed by atoms with E-state index in [4.69, 9.17) is 21.0 Å². The fourth-order valence-corrected chi connectivity index (χ4v) is 0.486. The molecule has 0 aromatic carbocycles. The normalized spacial score (nSPS) is 7.08. The van der Waals surface area contributed by atoms with E-state index in [2.05, 4.69) is 0 Å². The summed E-state index contributed by atoms with van der Waals surface area (Å²) in [6, 6.07) is 6.73. The summed E-state index contributed by atoms with van der Waals surface area (Å²) in [5.41, 5.74) is -0.0644. The molecule has 0 amide bonds. The quantitative estimate of drug-likeness (QED) is 0.557. The molecule has 0 saturated heterocycles. The van der Waals surface area contributed by atoms with Crippen LogP contribution >= 0.6 is 0 Å². The van der Waals surface area contributed by atoms with Gasteiger partial charge in [-0.25, -0.2) is 0 Å². The van der Waals surface area contributed by atoms with Crippen LogP contribution in [0, 0.1) is 51.2 Å². The van der Waals surface area contributed by atoms with Crippen LogP contribution in [0.2, 0.25) is 0 Å². The lowest BCUT2D eigenvalue weighted by atomic mass is 10.1. The molecule has 0 N–H and O–H groups in total. The van der Waals surface area contributed by atoms with Crippen LogP contribution in [-0.2, 0) is 0 Å². The van der Waals surface area contributed by atoms with Gasteiger partial charge < -0.3 is 0 Å². The van der Waals surface area contributed by atoms with Crippen molar-refractivity contribution in [3.63, 3.8) is 0 Å². The van der Waals surface area contributed by atoms with Gasteiger partial charge in [0.25, 0.3) is 0 Å². The van der Waals surface area contributed by atoms with Crippen molar-refractivity contribution < 1.29 is 0 Å². The minimum atomic E-state index is -0.776. The molecule has 0 aliphatic carbocycles. The largest absolute Gasteiger partial charge is 0.197 e. The highest BCUT2D eigenvalue weighted by Gasteiger charge is 2.02. The van der Waals surface area contributed by atoms with E-state index >= 15 is 0 Å². The average Bonchev–Trinajstić information content (AvgIpc) is 2.13. The standard InChI is InChI=1S/C8H4N4/c9-3-7(4-10)1-2-8(5-11)6-12/h1,8H,2H2. The highest BCUT2D eigenvalue weighted by atomic mass is 14.3. The van der Waals surface area contributed by atoms with Gasteiger partial charge in [0.15, 0.2) is 0 Å². The van der Waals surface area contributed by atoms with Crippen LogP contribution in [0.1, 0.15) is 6.42 Å². The summed E-state index contributed by atoms with van der Waals surface area (Å²) in [5, 5.41) is 33.2. The molecule has 0 aromatic heterocycles. The maximum atomic E-state index is 8.32. The van der Waals surface area contributed by atoms with Crippen LogP contribution < -0.4 is 0 Å². The Labute approximate surface area is 70.2 Å². The number of allylic oxidation sites excluding steroid dienone is 2. The predicted molar refractivity (Wildman–Crippen MR) is 38.6 cm³/mol. The van der Waals surface area contributed by atoms with Crippen molar-refractivity contribution in [1.29, 1.82) is 21.0 Å². The lowest BCUT2D eigenvalue weighted by Gasteiger charge is -1.89. The molecule has 0 bridgehead atoms. The monoisotopic (exact) mass is 156 g/mol. The third-order valence-electron chi connectivity index (χ3n) is 1.11. The summed E-state index contributed by atoms with van der Waals surface area (Å²) in [7, 11) is 0. The van der Waals surface area contributed by atoms with E-state index in [-0.39, 0.29) is 12.0 Å². The van der Waals surface area contributed by atoms with Gasteiger partial charge in [-0.1, -0.05) is 6.08 Å². The summed E-state index contributed by atoms with van der Waals surface area (Å²) in [4.78, 5) is 0. The summed E-state index contributed by atoms with van der Waals surface area (Å²) >= 11 is 0. The molecule has 0 aromatic rings. The van der Waals surface area contributed by atoms with Crippen LogP contribution in [0.15, 0.2) is 11.6 Å². The first kappa shape index (κ1) is 9.70. The molecular formula is C8H4N4. The van der Waals surface area contributed by atoms with Gasteiger partial charge in [0.1, 0.15) is 23.6 Å². The molecule has 4 heteroatoms. The van der Waals surface area contributed by atoms with Gasteiger partial charge in [-0.3, -0.25) is 0 Å². The predicted octanol–water partition coefficient (Wildman–Crippen LogP) is 1.01. The third-order valence-corrected chi connectivity index (χ3v) is 1.11. The zero-order valence-electron chi connectivity index (χ0n) is 6.15. The summed E-state index contributed by atoms with van der Waals surface area (Å²) in [6.07, 6.45) is 1.42. The highest BCUT2D eigenvalue weighted by Crippen LogP contribution is 2.03. The highest BCUT2D eigenvalue weighted by molar-refractivity contribution is 5.35. The Morgan fingerprint density at radius 3 is 1.92 bits per heavy atom. The zero-order valence-corrected chi connectivity index (χ0v) is 6.15. The second kappa shape index (κ2) is 5.48. The fourth-order valence-electron chi connectivity index (χ4n) is 0.486. The zero-order chi connectivity index (χ0) is 9.40. The summed E-state index contributed by atoms with van der Waals surface area (Å²) in [5.74, 6) is -0.776. The van der Waals surface area contributed by atoms with E-state index in [0.29, 0.717) is 0 Å². The van der Waals surface area contributed by atoms with Crippen molar-refractivity contribution in [2.75, 3.05) is 0 Å². The van der Waals surface area contributed by atoms with Crippen molar-refractivity contribution in [3.8, 4) is 24.3 Å². The Bertz CT molecular complexity index is 309. The van der Waals surface area contributed by atoms with Gasteiger partial charge in [0.05, 0.1) is 12.1 Å². The number of nitriles is 4. The average molecular weight is 156 g/mol. The first-order valence-electron chi connectivity index (χ1n) is 3.08. The third kappa shape index (κ3) is 3.02. The molecule has 0 aliphatic heterocycles. The SMILES string of the molecule is N#CC(C#N)=CCC(C#N)C#N. The molecule has 0 rings (SSSR count). The van der Waals surface area contributed by atoms with Crippen molar-refractivity contribution in [1.82, 2.24) is 0 Å². The molecule has 0 heterocycles. The van der Waals surface area contributed by atoms with Crippen molar-refractivity contribution in [2.24, 2.45) is 5.92 Å². The van der Waals surface area contributed by atoms with E-state index in [1.54, 1.807) is 24.3 Å². The lowest BCUT2D eigenvalue weighted by molar-refractivity contribution is 0.861. The number of hydrogen-bond acceptors (Lipinski definition) is 4. The maximum Gasteiger partial charge on any atom is 0.136 e. The molecule has 0 fully saturated rings. The Balaban J connectivity index is 4.28. The smallest absolute Gasteiger partial charge is 0.136 e. The number of hydrogen-bond donors (Lipinski definition) is 0. The van der Waals surface area contributed by atoms with E-state index in [0.717, 1.165) is 0 Å². The molecule has 0 atom stereocenters. The van der Waals surface area contributed by atoms with E-state index in [1.165, 1.54) is 6.08 Å². The fraction of sp³-hybridized carbons (Fsp3) is 0.250. The number of nitrogens with zero attached hydrogens (tertiary/aromatic N) is 4. The van der Waals surface area contributed by atoms with E-state index in [9.17, 15) is 0 Å². The van der Waals surface area contributed by atoms with E-state index < -0.39 is 5.92 Å². The van der Waals surface area contributed by atoms with Gasteiger partial charge in [-0.05, 0) is 6.42 Å². The second-order valence-corrected chi connectivity index (χ2v) is 1.89. The molecule has 12 heavy (non-hydrogen) atoms. The molecule has 4 nitrogen and oxygen atoms in total. The van der Waals surface area contributed by atoms with Gasteiger partial charge in [0.2, 0.25) is 0 Å². The van der Waals surface area contributed by atoms with Crippen LogP contribution in [0.4, 0.5) is 0 Å². The first-order valence-corrected chi connectivity index (χ1v) is 3.08. The maximum absolute atomic E-state index is 8.32. The number of rotatable bonds is 2. The Morgan fingerprint density at radius 1 is 1.08 bits per heavy atom. The van der Waals surface area contributed by atoms with Crippen LogP contribution in [-0.4, -0.2) is 0 Å². The van der Waals surface area contributed by atoms with Crippen LogP contribution in [0.25, 0.3) is 0 Å². The second-order valence-electron chi connectivity index (χ2n) is 1.89. The van der Waals surface area contributed by atoms with Crippen LogP contribution in [0.5, 0.6) is 0 Å². The topological polar surface area (TPSA) is 95.2 Å². The molecule has 0 unspecified atom stereocenters. The molecule has 0 saturated carbocycles. The molecular weight excluding hydrogens is 152 g/mol. The van der Waals surface area contributed by atoms with Crippen molar-refractivity contribution >= 4 is 0 Å². The molecule has 0 radical (unpaired) electrons. The van der Waals surface area contributed by atoms with E-state index in [1.807, 2.05) is 0 Å². The minimum absolute atomic E-state index is 0.0644.